The molecule has 7 amide bonds. The first kappa shape index (κ1) is 40.6. The van der Waals surface area contributed by atoms with Gasteiger partial charge in [0.2, 0.25) is 23.6 Å². The minimum atomic E-state index is -1.16. The Bertz CT molecular complexity index is 1590. The van der Waals surface area contributed by atoms with E-state index in [0.717, 1.165) is 16.1 Å². The maximum atomic E-state index is 13.8. The summed E-state index contributed by atoms with van der Waals surface area (Å²) in [6.07, 6.45) is 5.04. The smallest absolute Gasteiger partial charge is 0.336 e. The summed E-state index contributed by atoms with van der Waals surface area (Å²) in [5.41, 5.74) is 21.8. The molecule has 17 nitrogen and oxygen atoms in total. The standard InChI is InChI=1S/C35H49N11O6/c1-23(42-30(47)21-40-33(50)27(37)19-26-20-39-22-41-26)32(49)45-46(17-15-24-10-4-2-5-11-24)35(52)44-29(18-25-12-6-3-7-13-25)34(51)43-28(31(38)48)14-8-9-16-36/h2-7,10-13,20,22-23,27-29H,8-9,14-19,21,36-37H2,1H3,(H2,38,48)(H,39,41)(H,40,50)(H,42,47)(H,43,51)(H,44,52)(H,45,49)/t23-,27-,28-,29+/m0/s1. The summed E-state index contributed by atoms with van der Waals surface area (Å²) in [6.45, 7) is 1.37. The quantitative estimate of drug-likeness (QED) is 0.0506. The van der Waals surface area contributed by atoms with Crippen LogP contribution in [0.5, 0.6) is 0 Å². The topological polar surface area (TPSA) is 273 Å². The Morgan fingerprint density at radius 3 is 2.12 bits per heavy atom. The number of unbranched alkanes of at least 4 members (excludes halogenated alkanes) is 1. The van der Waals surface area contributed by atoms with Crippen LogP contribution in [0.1, 0.15) is 43.0 Å². The van der Waals surface area contributed by atoms with E-state index < -0.39 is 66.3 Å². The minimum Gasteiger partial charge on any atom is -0.368 e. The van der Waals surface area contributed by atoms with Crippen molar-refractivity contribution < 1.29 is 28.8 Å². The van der Waals surface area contributed by atoms with Crippen molar-refractivity contribution in [2.75, 3.05) is 19.6 Å². The van der Waals surface area contributed by atoms with Gasteiger partial charge < -0.3 is 43.5 Å². The lowest BCUT2D eigenvalue weighted by Gasteiger charge is -2.28. The Labute approximate surface area is 302 Å². The number of nitrogens with one attached hydrogen (secondary N) is 6. The first-order chi connectivity index (χ1) is 25.0. The van der Waals surface area contributed by atoms with Crippen LogP contribution >= 0.6 is 0 Å². The normalized spacial score (nSPS) is 13.1. The Balaban J connectivity index is 1.69. The van der Waals surface area contributed by atoms with Crippen molar-refractivity contribution in [1.82, 2.24) is 41.7 Å². The van der Waals surface area contributed by atoms with Crippen LogP contribution in [0.25, 0.3) is 0 Å². The van der Waals surface area contributed by atoms with E-state index in [1.807, 2.05) is 36.4 Å². The maximum Gasteiger partial charge on any atom is 0.336 e. The van der Waals surface area contributed by atoms with E-state index in [4.69, 9.17) is 17.2 Å². The van der Waals surface area contributed by atoms with Crippen LogP contribution < -0.4 is 43.9 Å². The van der Waals surface area contributed by atoms with Crippen LogP contribution in [0.4, 0.5) is 4.79 Å². The average Bonchev–Trinajstić information content (AvgIpc) is 3.65. The van der Waals surface area contributed by atoms with Crippen LogP contribution in [0.2, 0.25) is 0 Å². The minimum absolute atomic E-state index is 0.00476. The summed E-state index contributed by atoms with van der Waals surface area (Å²) in [7, 11) is 0. The van der Waals surface area contributed by atoms with Crippen LogP contribution in [-0.2, 0) is 43.2 Å². The molecule has 0 saturated carbocycles. The molecule has 12 N–H and O–H groups in total. The third-order valence-corrected chi connectivity index (χ3v) is 7.99. The van der Waals surface area contributed by atoms with E-state index in [1.54, 1.807) is 24.3 Å². The predicted molar refractivity (Wildman–Crippen MR) is 192 cm³/mol. The number of carbonyl (C=O) groups is 6. The zero-order valence-electron chi connectivity index (χ0n) is 29.2. The molecule has 0 aliphatic carbocycles. The van der Waals surface area contributed by atoms with Crippen molar-refractivity contribution in [3.63, 3.8) is 0 Å². The molecule has 280 valence electrons. The molecule has 0 aliphatic rings. The second-order valence-corrected chi connectivity index (χ2v) is 12.2. The van der Waals surface area contributed by atoms with E-state index in [0.29, 0.717) is 31.5 Å². The number of rotatable bonds is 20. The number of H-pyrrole nitrogens is 1. The number of hydrazine groups is 1. The molecule has 0 spiro atoms. The zero-order valence-corrected chi connectivity index (χ0v) is 29.2. The third kappa shape index (κ3) is 14.2. The highest BCUT2D eigenvalue weighted by molar-refractivity contribution is 5.93. The lowest BCUT2D eigenvalue weighted by molar-refractivity contribution is -0.131. The van der Waals surface area contributed by atoms with E-state index in [2.05, 4.69) is 36.7 Å². The van der Waals surface area contributed by atoms with Gasteiger partial charge >= 0.3 is 6.03 Å². The number of aromatic nitrogens is 2. The van der Waals surface area contributed by atoms with Gasteiger partial charge in [0.25, 0.3) is 5.91 Å². The van der Waals surface area contributed by atoms with E-state index in [-0.39, 0.29) is 25.8 Å². The van der Waals surface area contributed by atoms with Crippen LogP contribution in [0.3, 0.4) is 0 Å². The van der Waals surface area contributed by atoms with Gasteiger partial charge in [0, 0.05) is 31.3 Å². The lowest BCUT2D eigenvalue weighted by atomic mass is 10.0. The van der Waals surface area contributed by atoms with Crippen molar-refractivity contribution in [3.8, 4) is 0 Å². The number of carbonyl (C=O) groups excluding carboxylic acids is 6. The summed E-state index contributed by atoms with van der Waals surface area (Å²) in [6, 6.07) is 13.2. The van der Waals surface area contributed by atoms with Gasteiger partial charge in [-0.3, -0.25) is 29.4 Å². The monoisotopic (exact) mass is 719 g/mol. The molecule has 52 heavy (non-hydrogen) atoms. The Kier molecular flexibility index (Phi) is 16.7. The number of nitrogens with zero attached hydrogens (tertiary/aromatic N) is 2. The molecule has 0 radical (unpaired) electrons. The number of benzene rings is 2. The van der Waals surface area contributed by atoms with Gasteiger partial charge in [-0.1, -0.05) is 60.7 Å². The number of nitrogens with two attached hydrogens (primary N) is 3. The molecule has 17 heteroatoms. The highest BCUT2D eigenvalue weighted by Gasteiger charge is 2.29. The van der Waals surface area contributed by atoms with E-state index >= 15 is 0 Å². The van der Waals surface area contributed by atoms with Crippen molar-refractivity contribution in [3.05, 3.63) is 90.0 Å². The van der Waals surface area contributed by atoms with Crippen LogP contribution in [0, 0.1) is 0 Å². The van der Waals surface area contributed by atoms with Gasteiger partial charge in [-0.25, -0.2) is 14.8 Å². The molecule has 4 atom stereocenters. The summed E-state index contributed by atoms with van der Waals surface area (Å²) in [5.74, 6) is -3.34. The number of hydrogen-bond donors (Lipinski definition) is 9. The first-order valence-electron chi connectivity index (χ1n) is 17.0. The molecule has 0 saturated heterocycles. The largest absolute Gasteiger partial charge is 0.368 e. The highest BCUT2D eigenvalue weighted by atomic mass is 16.2. The van der Waals surface area contributed by atoms with Gasteiger partial charge in [-0.2, -0.15) is 0 Å². The molecule has 0 fully saturated rings. The summed E-state index contributed by atoms with van der Waals surface area (Å²) in [5, 5.41) is 11.3. The average molecular weight is 720 g/mol. The number of urea groups is 1. The molecule has 0 bridgehead atoms. The van der Waals surface area contributed by atoms with E-state index in [1.165, 1.54) is 19.4 Å². The number of hydrogen-bond acceptors (Lipinski definition) is 9. The SMILES string of the molecule is C[C@H](NC(=O)CNC(=O)[C@@H](N)Cc1cnc[nH]1)C(=O)NN(CCc1ccccc1)C(=O)N[C@H](Cc1ccccc1)C(=O)N[C@@H](CCCCN)C(N)=O. The molecular weight excluding hydrogens is 670 g/mol. The fourth-order valence-corrected chi connectivity index (χ4v) is 5.04. The number of amides is 7. The van der Waals surface area contributed by atoms with Crippen molar-refractivity contribution in [2.24, 2.45) is 17.2 Å². The summed E-state index contributed by atoms with van der Waals surface area (Å²) >= 11 is 0. The number of aromatic amines is 1. The first-order valence-corrected chi connectivity index (χ1v) is 17.0. The van der Waals surface area contributed by atoms with E-state index in [9.17, 15) is 28.8 Å². The maximum absolute atomic E-state index is 13.8. The van der Waals surface area contributed by atoms with Crippen LogP contribution in [0.15, 0.2) is 73.2 Å². The molecule has 3 aromatic rings. The van der Waals surface area contributed by atoms with Gasteiger partial charge in [-0.15, -0.1) is 0 Å². The van der Waals surface area contributed by atoms with Gasteiger partial charge in [0.1, 0.15) is 18.1 Å². The molecule has 0 unspecified atom stereocenters. The molecular formula is C35H49N11O6. The molecule has 3 rings (SSSR count). The highest BCUT2D eigenvalue weighted by Crippen LogP contribution is 2.08. The van der Waals surface area contributed by atoms with Crippen molar-refractivity contribution >= 4 is 35.6 Å². The Morgan fingerprint density at radius 1 is 0.827 bits per heavy atom. The molecule has 0 aliphatic heterocycles. The Morgan fingerprint density at radius 2 is 1.50 bits per heavy atom. The van der Waals surface area contributed by atoms with Gasteiger partial charge in [-0.05, 0) is 50.3 Å². The van der Waals surface area contributed by atoms with Gasteiger partial charge in [0.05, 0.1) is 18.9 Å². The predicted octanol–water partition coefficient (Wildman–Crippen LogP) is -1.10. The fraction of sp³-hybridized carbons (Fsp3) is 0.400. The molecule has 1 heterocycles. The zero-order chi connectivity index (χ0) is 37.9. The number of primary amides is 1. The van der Waals surface area contributed by atoms with Crippen LogP contribution in [-0.4, -0.2) is 94.3 Å². The fourth-order valence-electron chi connectivity index (χ4n) is 5.04. The molecule has 1 aromatic heterocycles. The number of imidazole rings is 1. The second kappa shape index (κ2) is 21.4. The second-order valence-electron chi connectivity index (χ2n) is 12.2. The summed E-state index contributed by atoms with van der Waals surface area (Å²) in [4.78, 5) is 84.5. The molecule has 2 aromatic carbocycles. The van der Waals surface area contributed by atoms with Gasteiger partial charge in [0.15, 0.2) is 0 Å². The van der Waals surface area contributed by atoms with Crippen molar-refractivity contribution in [2.45, 2.75) is 69.6 Å². The Hall–Kier alpha value is -5.81. The van der Waals surface area contributed by atoms with Crippen molar-refractivity contribution in [1.29, 1.82) is 0 Å². The summed E-state index contributed by atoms with van der Waals surface area (Å²) < 4.78 is 0. The lowest BCUT2D eigenvalue weighted by Crippen LogP contribution is -2.60. The third-order valence-electron chi connectivity index (χ3n) is 7.99.